The van der Waals surface area contributed by atoms with Crippen molar-refractivity contribution in [3.63, 3.8) is 0 Å². The first-order valence-electron chi connectivity index (χ1n) is 4.75. The fraction of sp³-hybridized carbons (Fsp3) is 0.0833. The van der Waals surface area contributed by atoms with E-state index in [4.69, 9.17) is 11.6 Å². The van der Waals surface area contributed by atoms with Gasteiger partial charge in [0, 0.05) is 16.8 Å². The number of carbonyl (C=O) groups excluding carboxylic acids is 1. The van der Waals surface area contributed by atoms with E-state index in [2.05, 4.69) is 9.97 Å². The van der Waals surface area contributed by atoms with Crippen molar-refractivity contribution in [2.75, 3.05) is 0 Å². The van der Waals surface area contributed by atoms with Gasteiger partial charge in [-0.25, -0.2) is 9.97 Å². The molecule has 4 heteroatoms. The van der Waals surface area contributed by atoms with Crippen LogP contribution >= 0.6 is 11.6 Å². The number of halogens is 1. The van der Waals surface area contributed by atoms with E-state index in [-0.39, 0.29) is 0 Å². The van der Waals surface area contributed by atoms with Crippen molar-refractivity contribution in [1.82, 2.24) is 9.97 Å². The SMILES string of the molecule is Cc1nc(-c2cccc(Cl)c2)ncc1C=O. The van der Waals surface area contributed by atoms with E-state index in [0.717, 1.165) is 11.8 Å². The molecule has 1 aromatic heterocycles. The molecule has 0 spiro atoms. The van der Waals surface area contributed by atoms with E-state index in [1.54, 1.807) is 19.1 Å². The van der Waals surface area contributed by atoms with Crippen molar-refractivity contribution in [2.45, 2.75) is 6.92 Å². The molecule has 3 nitrogen and oxygen atoms in total. The number of benzene rings is 1. The first-order valence-corrected chi connectivity index (χ1v) is 5.13. The van der Waals surface area contributed by atoms with E-state index in [1.807, 2.05) is 12.1 Å². The highest BCUT2D eigenvalue weighted by Crippen LogP contribution is 2.19. The molecule has 0 bridgehead atoms. The quantitative estimate of drug-likeness (QED) is 0.748. The first-order chi connectivity index (χ1) is 7.70. The summed E-state index contributed by atoms with van der Waals surface area (Å²) < 4.78 is 0. The number of hydrogen-bond acceptors (Lipinski definition) is 3. The number of hydrogen-bond donors (Lipinski definition) is 0. The second-order valence-electron chi connectivity index (χ2n) is 3.36. The summed E-state index contributed by atoms with van der Waals surface area (Å²) in [6.07, 6.45) is 2.27. The van der Waals surface area contributed by atoms with Crippen molar-refractivity contribution in [1.29, 1.82) is 0 Å². The molecule has 0 saturated carbocycles. The van der Waals surface area contributed by atoms with Crippen molar-refractivity contribution < 1.29 is 4.79 Å². The Balaban J connectivity index is 2.49. The minimum atomic E-state index is 0.505. The van der Waals surface area contributed by atoms with Crippen molar-refractivity contribution in [2.24, 2.45) is 0 Å². The van der Waals surface area contributed by atoms with Crippen LogP contribution < -0.4 is 0 Å². The molecule has 2 rings (SSSR count). The molecule has 80 valence electrons. The number of aryl methyl sites for hydroxylation is 1. The summed E-state index contributed by atoms with van der Waals surface area (Å²) in [6, 6.07) is 7.29. The van der Waals surface area contributed by atoms with E-state index >= 15 is 0 Å². The summed E-state index contributed by atoms with van der Waals surface area (Å²) in [5.74, 6) is 0.575. The Labute approximate surface area is 98.1 Å². The Morgan fingerprint density at radius 1 is 1.38 bits per heavy atom. The Hall–Kier alpha value is -1.74. The largest absolute Gasteiger partial charge is 0.298 e. The summed E-state index contributed by atoms with van der Waals surface area (Å²) in [4.78, 5) is 19.0. The first kappa shape index (κ1) is 10.8. The van der Waals surface area contributed by atoms with Crippen LogP contribution in [0.4, 0.5) is 0 Å². The number of aromatic nitrogens is 2. The zero-order valence-electron chi connectivity index (χ0n) is 8.64. The van der Waals surface area contributed by atoms with E-state index < -0.39 is 0 Å². The van der Waals surface area contributed by atoms with E-state index in [1.165, 1.54) is 6.20 Å². The Morgan fingerprint density at radius 3 is 2.81 bits per heavy atom. The summed E-state index contributed by atoms with van der Waals surface area (Å²) in [7, 11) is 0. The number of rotatable bonds is 2. The average molecular weight is 233 g/mol. The fourth-order valence-electron chi connectivity index (χ4n) is 1.36. The third-order valence-electron chi connectivity index (χ3n) is 2.23. The summed E-state index contributed by atoms with van der Waals surface area (Å²) in [5, 5.41) is 0.637. The Kier molecular flexibility index (Phi) is 2.97. The van der Waals surface area contributed by atoms with Crippen LogP contribution in [0.5, 0.6) is 0 Å². The maximum Gasteiger partial charge on any atom is 0.159 e. The van der Waals surface area contributed by atoms with Gasteiger partial charge in [0.15, 0.2) is 12.1 Å². The molecule has 0 fully saturated rings. The molecule has 0 atom stereocenters. The maximum atomic E-state index is 10.6. The van der Waals surface area contributed by atoms with Crippen LogP contribution in [0.3, 0.4) is 0 Å². The summed E-state index contributed by atoms with van der Waals surface area (Å²) in [6.45, 7) is 1.78. The molecule has 1 aromatic carbocycles. The van der Waals surface area contributed by atoms with Crippen LogP contribution in [-0.4, -0.2) is 16.3 Å². The van der Waals surface area contributed by atoms with Gasteiger partial charge in [-0.15, -0.1) is 0 Å². The van der Waals surface area contributed by atoms with Crippen molar-refractivity contribution in [3.05, 3.63) is 46.7 Å². The minimum absolute atomic E-state index is 0.505. The van der Waals surface area contributed by atoms with Gasteiger partial charge in [-0.2, -0.15) is 0 Å². The second-order valence-corrected chi connectivity index (χ2v) is 3.80. The lowest BCUT2D eigenvalue weighted by Gasteiger charge is -2.03. The number of nitrogens with zero attached hydrogens (tertiary/aromatic N) is 2. The van der Waals surface area contributed by atoms with Gasteiger partial charge in [0.2, 0.25) is 0 Å². The van der Waals surface area contributed by atoms with Gasteiger partial charge in [0.1, 0.15) is 0 Å². The highest BCUT2D eigenvalue weighted by atomic mass is 35.5. The summed E-state index contributed by atoms with van der Waals surface area (Å²) >= 11 is 5.88. The van der Waals surface area contributed by atoms with Gasteiger partial charge >= 0.3 is 0 Å². The van der Waals surface area contributed by atoms with Crippen LogP contribution in [0.15, 0.2) is 30.5 Å². The van der Waals surface area contributed by atoms with Crippen LogP contribution in [0.2, 0.25) is 5.02 Å². The highest BCUT2D eigenvalue weighted by molar-refractivity contribution is 6.30. The molecule has 0 aliphatic rings. The zero-order chi connectivity index (χ0) is 11.5. The molecule has 0 amide bonds. The second kappa shape index (κ2) is 4.41. The average Bonchev–Trinajstić information content (AvgIpc) is 2.29. The fourth-order valence-corrected chi connectivity index (χ4v) is 1.55. The number of aldehydes is 1. The molecule has 0 unspecified atom stereocenters. The van der Waals surface area contributed by atoms with Crippen molar-refractivity contribution >= 4 is 17.9 Å². The standard InChI is InChI=1S/C12H9ClN2O/c1-8-10(7-16)6-14-12(15-8)9-3-2-4-11(13)5-9/h2-7H,1H3. The molecule has 16 heavy (non-hydrogen) atoms. The lowest BCUT2D eigenvalue weighted by atomic mass is 10.2. The molecule has 0 aliphatic heterocycles. The van der Waals surface area contributed by atoms with Crippen molar-refractivity contribution in [3.8, 4) is 11.4 Å². The van der Waals surface area contributed by atoms with Crippen LogP contribution in [0.25, 0.3) is 11.4 Å². The molecular weight excluding hydrogens is 224 g/mol. The normalized spacial score (nSPS) is 10.1. The minimum Gasteiger partial charge on any atom is -0.298 e. The Morgan fingerprint density at radius 2 is 2.19 bits per heavy atom. The van der Waals surface area contributed by atoms with Gasteiger partial charge in [-0.3, -0.25) is 4.79 Å². The molecule has 2 aromatic rings. The maximum absolute atomic E-state index is 10.6. The van der Waals surface area contributed by atoms with Gasteiger partial charge in [0.05, 0.1) is 11.3 Å². The van der Waals surface area contributed by atoms with E-state index in [9.17, 15) is 4.79 Å². The Bertz CT molecular complexity index is 540. The zero-order valence-corrected chi connectivity index (χ0v) is 9.40. The highest BCUT2D eigenvalue weighted by Gasteiger charge is 2.05. The lowest BCUT2D eigenvalue weighted by Crippen LogP contribution is -1.96. The molecule has 0 saturated heterocycles. The van der Waals surface area contributed by atoms with Gasteiger partial charge in [-0.05, 0) is 19.1 Å². The third-order valence-corrected chi connectivity index (χ3v) is 2.46. The smallest absolute Gasteiger partial charge is 0.159 e. The number of carbonyl (C=O) groups is 1. The molecular formula is C12H9ClN2O. The van der Waals surface area contributed by atoms with Crippen LogP contribution in [0.1, 0.15) is 16.1 Å². The third kappa shape index (κ3) is 2.09. The van der Waals surface area contributed by atoms with Gasteiger partial charge < -0.3 is 0 Å². The predicted molar refractivity (Wildman–Crippen MR) is 62.6 cm³/mol. The van der Waals surface area contributed by atoms with Gasteiger partial charge in [0.25, 0.3) is 0 Å². The topological polar surface area (TPSA) is 42.9 Å². The van der Waals surface area contributed by atoms with Crippen LogP contribution in [0, 0.1) is 6.92 Å². The molecule has 0 N–H and O–H groups in total. The predicted octanol–water partition coefficient (Wildman–Crippen LogP) is 2.92. The monoisotopic (exact) mass is 232 g/mol. The van der Waals surface area contributed by atoms with E-state index in [0.29, 0.717) is 22.1 Å². The lowest BCUT2D eigenvalue weighted by molar-refractivity contribution is 0.112. The molecule has 1 heterocycles. The van der Waals surface area contributed by atoms with Gasteiger partial charge in [-0.1, -0.05) is 23.7 Å². The van der Waals surface area contributed by atoms with Crippen LogP contribution in [-0.2, 0) is 0 Å². The molecule has 0 radical (unpaired) electrons. The summed E-state index contributed by atoms with van der Waals surface area (Å²) in [5.41, 5.74) is 2.01. The molecule has 0 aliphatic carbocycles.